The number of aromatic carboxylic acids is 1. The minimum atomic E-state index is -1.16. The lowest BCUT2D eigenvalue weighted by Gasteiger charge is -2.15. The number of hydrogen-bond acceptors (Lipinski definition) is 4. The third-order valence-electron chi connectivity index (χ3n) is 3.46. The zero-order valence-corrected chi connectivity index (χ0v) is 14.5. The van der Waals surface area contributed by atoms with Crippen molar-refractivity contribution < 1.29 is 19.5 Å². The summed E-state index contributed by atoms with van der Waals surface area (Å²) in [7, 11) is 0. The van der Waals surface area contributed by atoms with Gasteiger partial charge < -0.3 is 10.8 Å². The summed E-state index contributed by atoms with van der Waals surface area (Å²) in [4.78, 5) is 37.1. The molecule has 0 atom stereocenters. The Hall–Kier alpha value is -2.19. The van der Waals surface area contributed by atoms with E-state index in [0.29, 0.717) is 20.3 Å². The third kappa shape index (κ3) is 2.43. The van der Waals surface area contributed by atoms with Crippen molar-refractivity contribution in [2.75, 3.05) is 10.6 Å². The first-order valence-electron chi connectivity index (χ1n) is 6.32. The highest BCUT2D eigenvalue weighted by Crippen LogP contribution is 2.36. The standard InChI is InChI=1S/C15H8Br2N2O4/c16-10-4-7(5-11(17)12(10)18)19-13(20)8-2-1-6(15(22)23)3-9(8)14(19)21/h1-5H,18H2,(H,22,23). The van der Waals surface area contributed by atoms with Crippen LogP contribution in [0.4, 0.5) is 11.4 Å². The van der Waals surface area contributed by atoms with Gasteiger partial charge in [0.25, 0.3) is 11.8 Å². The number of nitrogen functional groups attached to an aromatic ring is 1. The lowest BCUT2D eigenvalue weighted by atomic mass is 10.1. The van der Waals surface area contributed by atoms with E-state index < -0.39 is 17.8 Å². The Morgan fingerprint density at radius 3 is 2.13 bits per heavy atom. The van der Waals surface area contributed by atoms with Crippen LogP contribution in [0.15, 0.2) is 39.3 Å². The van der Waals surface area contributed by atoms with Crippen molar-refractivity contribution in [2.45, 2.75) is 0 Å². The van der Waals surface area contributed by atoms with E-state index >= 15 is 0 Å². The van der Waals surface area contributed by atoms with E-state index in [0.717, 1.165) is 4.90 Å². The molecule has 0 fully saturated rings. The highest BCUT2D eigenvalue weighted by Gasteiger charge is 2.37. The predicted octanol–water partition coefficient (Wildman–Crippen LogP) is 3.29. The van der Waals surface area contributed by atoms with Gasteiger partial charge in [-0.15, -0.1) is 0 Å². The third-order valence-corrected chi connectivity index (χ3v) is 4.77. The number of carbonyl (C=O) groups excluding carboxylic acids is 2. The van der Waals surface area contributed by atoms with Gasteiger partial charge in [-0.3, -0.25) is 9.59 Å². The largest absolute Gasteiger partial charge is 0.478 e. The molecule has 3 N–H and O–H groups in total. The van der Waals surface area contributed by atoms with Gasteiger partial charge in [-0.2, -0.15) is 0 Å². The molecule has 116 valence electrons. The Bertz CT molecular complexity index is 872. The van der Waals surface area contributed by atoms with Crippen LogP contribution in [-0.4, -0.2) is 22.9 Å². The number of anilines is 2. The number of carboxylic acid groups (broad SMARTS) is 1. The second-order valence-electron chi connectivity index (χ2n) is 4.83. The summed E-state index contributed by atoms with van der Waals surface area (Å²) in [6.07, 6.45) is 0. The van der Waals surface area contributed by atoms with Gasteiger partial charge in [-0.25, -0.2) is 9.69 Å². The van der Waals surface area contributed by atoms with Gasteiger partial charge in [0.15, 0.2) is 0 Å². The molecule has 3 rings (SSSR count). The molecule has 2 amide bonds. The Morgan fingerprint density at radius 2 is 1.57 bits per heavy atom. The molecule has 1 aliphatic rings. The topological polar surface area (TPSA) is 101 Å². The highest BCUT2D eigenvalue weighted by molar-refractivity contribution is 9.11. The average Bonchev–Trinajstić information content (AvgIpc) is 2.75. The van der Waals surface area contributed by atoms with Gasteiger partial charge in [-0.05, 0) is 62.2 Å². The fourth-order valence-corrected chi connectivity index (χ4v) is 3.47. The summed E-state index contributed by atoms with van der Waals surface area (Å²) in [5.41, 5.74) is 6.78. The van der Waals surface area contributed by atoms with Crippen LogP contribution in [0.5, 0.6) is 0 Å². The SMILES string of the molecule is Nc1c(Br)cc(N2C(=O)c3ccc(C(=O)O)cc3C2=O)cc1Br. The van der Waals surface area contributed by atoms with E-state index in [1.165, 1.54) is 18.2 Å². The Labute approximate surface area is 147 Å². The van der Waals surface area contributed by atoms with Crippen LogP contribution in [0.1, 0.15) is 31.1 Å². The summed E-state index contributed by atoms with van der Waals surface area (Å²) in [5, 5.41) is 9.02. The maximum atomic E-state index is 12.5. The predicted molar refractivity (Wildman–Crippen MR) is 90.8 cm³/mol. The van der Waals surface area contributed by atoms with Crippen LogP contribution in [0.25, 0.3) is 0 Å². The van der Waals surface area contributed by atoms with Crippen LogP contribution in [0, 0.1) is 0 Å². The summed E-state index contributed by atoms with van der Waals surface area (Å²) in [6, 6.07) is 6.96. The molecular weight excluding hydrogens is 432 g/mol. The maximum Gasteiger partial charge on any atom is 0.335 e. The molecule has 1 aliphatic heterocycles. The smallest absolute Gasteiger partial charge is 0.335 e. The van der Waals surface area contributed by atoms with Gasteiger partial charge in [0.05, 0.1) is 28.1 Å². The number of nitrogens with two attached hydrogens (primary N) is 1. The van der Waals surface area contributed by atoms with Crippen molar-refractivity contribution in [3.05, 3.63) is 56.0 Å². The number of imide groups is 1. The van der Waals surface area contributed by atoms with Crippen LogP contribution >= 0.6 is 31.9 Å². The molecular formula is C15H8Br2N2O4. The van der Waals surface area contributed by atoms with Crippen LogP contribution in [0.2, 0.25) is 0 Å². The number of fused-ring (bicyclic) bond motifs is 1. The van der Waals surface area contributed by atoms with Gasteiger partial charge in [0, 0.05) is 8.95 Å². The minimum Gasteiger partial charge on any atom is -0.478 e. The molecule has 0 unspecified atom stereocenters. The summed E-state index contributed by atoms with van der Waals surface area (Å²) in [5.74, 6) is -2.24. The molecule has 1 heterocycles. The van der Waals surface area contributed by atoms with Crippen LogP contribution in [0.3, 0.4) is 0 Å². The molecule has 2 aromatic rings. The van der Waals surface area contributed by atoms with Crippen molar-refractivity contribution in [3.63, 3.8) is 0 Å². The second kappa shape index (κ2) is 5.47. The number of halogens is 2. The number of carboxylic acids is 1. The zero-order valence-electron chi connectivity index (χ0n) is 11.3. The summed E-state index contributed by atoms with van der Waals surface area (Å²) in [6.45, 7) is 0. The van der Waals surface area contributed by atoms with Gasteiger partial charge in [0.1, 0.15) is 0 Å². The average molecular weight is 440 g/mol. The fourth-order valence-electron chi connectivity index (χ4n) is 2.31. The maximum absolute atomic E-state index is 12.5. The molecule has 0 saturated carbocycles. The Kier molecular flexibility index (Phi) is 3.73. The Balaban J connectivity index is 2.12. The van der Waals surface area contributed by atoms with E-state index in [-0.39, 0.29) is 16.7 Å². The van der Waals surface area contributed by atoms with Crippen molar-refractivity contribution in [2.24, 2.45) is 0 Å². The van der Waals surface area contributed by atoms with Crippen LogP contribution in [-0.2, 0) is 0 Å². The van der Waals surface area contributed by atoms with Gasteiger partial charge in [-0.1, -0.05) is 0 Å². The molecule has 23 heavy (non-hydrogen) atoms. The van der Waals surface area contributed by atoms with E-state index in [1.54, 1.807) is 12.1 Å². The van der Waals surface area contributed by atoms with Crippen molar-refractivity contribution in [1.82, 2.24) is 0 Å². The van der Waals surface area contributed by atoms with Crippen LogP contribution < -0.4 is 10.6 Å². The van der Waals surface area contributed by atoms with Gasteiger partial charge in [0.2, 0.25) is 0 Å². The molecule has 2 aromatic carbocycles. The van der Waals surface area contributed by atoms with Crippen molar-refractivity contribution in [1.29, 1.82) is 0 Å². The molecule has 0 saturated heterocycles. The second-order valence-corrected chi connectivity index (χ2v) is 6.54. The molecule has 0 radical (unpaired) electrons. The minimum absolute atomic E-state index is 0.0496. The first-order chi connectivity index (χ1) is 10.8. The molecule has 0 aliphatic carbocycles. The molecule has 8 heteroatoms. The normalized spacial score (nSPS) is 13.4. The van der Waals surface area contributed by atoms with E-state index in [1.807, 2.05) is 0 Å². The van der Waals surface area contributed by atoms with E-state index in [9.17, 15) is 14.4 Å². The molecule has 0 bridgehead atoms. The number of hydrogen-bond donors (Lipinski definition) is 2. The monoisotopic (exact) mass is 438 g/mol. The first kappa shape index (κ1) is 15.7. The quantitative estimate of drug-likeness (QED) is 0.552. The fraction of sp³-hybridized carbons (Fsp3) is 0. The van der Waals surface area contributed by atoms with Crippen molar-refractivity contribution in [3.8, 4) is 0 Å². The summed E-state index contributed by atoms with van der Waals surface area (Å²) >= 11 is 6.54. The number of amides is 2. The zero-order chi connectivity index (χ0) is 16.9. The van der Waals surface area contributed by atoms with Gasteiger partial charge >= 0.3 is 5.97 Å². The molecule has 0 aromatic heterocycles. The molecule has 0 spiro atoms. The number of carbonyl (C=O) groups is 3. The lowest BCUT2D eigenvalue weighted by Crippen LogP contribution is -2.29. The molecule has 6 nitrogen and oxygen atoms in total. The van der Waals surface area contributed by atoms with E-state index in [2.05, 4.69) is 31.9 Å². The highest BCUT2D eigenvalue weighted by atomic mass is 79.9. The number of rotatable bonds is 2. The number of nitrogens with zero attached hydrogens (tertiary/aromatic N) is 1. The first-order valence-corrected chi connectivity index (χ1v) is 7.90. The Morgan fingerprint density at radius 1 is 1.00 bits per heavy atom. The van der Waals surface area contributed by atoms with Crippen molar-refractivity contribution >= 4 is 61.0 Å². The number of benzene rings is 2. The van der Waals surface area contributed by atoms with E-state index in [4.69, 9.17) is 10.8 Å². The summed E-state index contributed by atoms with van der Waals surface area (Å²) < 4.78 is 1.06. The lowest BCUT2D eigenvalue weighted by molar-refractivity contribution is 0.0696.